The third-order valence-electron chi connectivity index (χ3n) is 6.19. The fraction of sp³-hybridized carbons (Fsp3) is 1.00. The van der Waals surface area contributed by atoms with E-state index in [2.05, 4.69) is 95.6 Å². The Kier molecular flexibility index (Phi) is 86.6. The van der Waals surface area contributed by atoms with Crippen molar-refractivity contribution in [2.24, 2.45) is 5.92 Å². The van der Waals surface area contributed by atoms with Crippen LogP contribution in [0.1, 0.15) is 73.1 Å². The van der Waals surface area contributed by atoms with Gasteiger partial charge >= 0.3 is 177 Å². The minimum atomic E-state index is -4.49. The van der Waals surface area contributed by atoms with E-state index in [-0.39, 0.29) is 196 Å². The van der Waals surface area contributed by atoms with Gasteiger partial charge in [0, 0.05) is 42.5 Å². The Hall–Kier alpha value is 8.26. The Balaban J connectivity index is -0.0000000475. The molecule has 0 aliphatic heterocycles. The van der Waals surface area contributed by atoms with E-state index in [1.165, 1.54) is 20.8 Å². The standard InChI is InChI=1S/2C5H11BrO3S.2C4H9BrO3S.2C3H7BrO4S.6Na/c1-4(3-6)5(2)10(7,8)9;1-2-5(3-4-6)10(7,8)9;2*1-4(2-3-5)9(6,7)8;2*4-2-1-3(5)9(6,7)8;;;;;;/h4-5H,3H2,1-2H3,(H,7,8,9);5H,2-4H2,1H3,(H,7,8,9);2*4H,2-3H2,1H3,(H,6,7,8);2*3,5H,1-2H2,(H,6,7,8);;;;;;/q;;;;;;6*+1/p-6. The van der Waals surface area contributed by atoms with E-state index < -0.39 is 92.6 Å². The van der Waals surface area contributed by atoms with Gasteiger partial charge in [-0.3, -0.25) is 0 Å². The number of aliphatic hydroxyl groups excluding tert-OH is 2. The van der Waals surface area contributed by atoms with Crippen molar-refractivity contribution in [3.63, 3.8) is 0 Å². The van der Waals surface area contributed by atoms with Crippen LogP contribution in [0.2, 0.25) is 0 Å². The zero-order chi connectivity index (χ0) is 46.5. The fourth-order valence-electron chi connectivity index (χ4n) is 2.16. The van der Waals surface area contributed by atoms with E-state index >= 15 is 0 Å². The van der Waals surface area contributed by atoms with Gasteiger partial charge in [0.25, 0.3) is 0 Å². The van der Waals surface area contributed by atoms with Crippen molar-refractivity contribution in [2.75, 3.05) is 32.0 Å². The summed E-state index contributed by atoms with van der Waals surface area (Å²) in [5, 5.41) is 16.7. The van der Waals surface area contributed by atoms with E-state index in [0.717, 1.165) is 0 Å². The van der Waals surface area contributed by atoms with E-state index in [1.807, 2.05) is 0 Å². The van der Waals surface area contributed by atoms with Gasteiger partial charge in [0.1, 0.15) is 31.1 Å². The summed E-state index contributed by atoms with van der Waals surface area (Å²) in [7, 11) is -25.2. The van der Waals surface area contributed by atoms with Crippen LogP contribution in [-0.2, 0) is 60.7 Å². The molecule has 0 radical (unpaired) electrons. The molecule has 0 fully saturated rings. The molecule has 0 saturated heterocycles. The van der Waals surface area contributed by atoms with Crippen LogP contribution in [0.15, 0.2) is 0 Å². The Bertz CT molecular complexity index is 1490. The average Bonchev–Trinajstić information content (AvgIpc) is 3.02. The monoisotopic (exact) mass is 1460 g/mol. The van der Waals surface area contributed by atoms with Crippen LogP contribution in [-0.4, -0.2) is 152 Å². The topological polar surface area (TPSA) is 384 Å². The van der Waals surface area contributed by atoms with E-state index in [4.69, 9.17) is 10.2 Å². The summed E-state index contributed by atoms with van der Waals surface area (Å²) in [4.78, 5) is 0. The molecule has 0 bridgehead atoms. The summed E-state index contributed by atoms with van der Waals surface area (Å²) in [6, 6.07) is 0. The predicted octanol–water partition coefficient (Wildman–Crippen LogP) is -15.2. The third-order valence-corrected chi connectivity index (χ3v) is 16.5. The van der Waals surface area contributed by atoms with Crippen LogP contribution in [0.5, 0.6) is 0 Å². The van der Waals surface area contributed by atoms with Crippen molar-refractivity contribution in [3.05, 3.63) is 0 Å². The SMILES string of the molecule is CC(CBr)C(C)S(=O)(=O)[O-].CC(CCBr)S(=O)(=O)[O-].CC(CCBr)S(=O)(=O)[O-].CCC(CCBr)S(=O)(=O)[O-].O=S(=O)([O-])C(O)CCBr.O=S(=O)([O-])C(O)CCBr.[Na+].[Na+].[Na+].[Na+].[Na+].[Na+]. The quantitative estimate of drug-likeness (QED) is 0.0689. The molecule has 0 saturated carbocycles. The number of halogens is 6. The molecule has 0 heterocycles. The Labute approximate surface area is 553 Å². The van der Waals surface area contributed by atoms with Gasteiger partial charge in [-0.25, -0.2) is 50.5 Å². The van der Waals surface area contributed by atoms with Crippen LogP contribution < -0.4 is 177 Å². The van der Waals surface area contributed by atoms with Crippen molar-refractivity contribution in [1.82, 2.24) is 0 Å². The molecule has 0 aromatic carbocycles. The third kappa shape index (κ3) is 68.3. The fourth-order valence-corrected chi connectivity index (χ4v) is 10.4. The summed E-state index contributed by atoms with van der Waals surface area (Å²) in [5.74, 6) is -0.123. The molecule has 62 heavy (non-hydrogen) atoms. The average molecular weight is 1470 g/mol. The second-order valence-electron chi connectivity index (χ2n) is 10.7. The first kappa shape index (κ1) is 99.3. The Morgan fingerprint density at radius 1 is 0.403 bits per heavy atom. The molecule has 7 unspecified atom stereocenters. The van der Waals surface area contributed by atoms with Gasteiger partial charge in [-0.2, -0.15) is 0 Å². The molecule has 0 aromatic rings. The maximum absolute atomic E-state index is 10.4. The van der Waals surface area contributed by atoms with Crippen molar-refractivity contribution in [2.45, 2.75) is 105 Å². The maximum Gasteiger partial charge on any atom is 1.00 e. The van der Waals surface area contributed by atoms with Crippen molar-refractivity contribution in [1.29, 1.82) is 0 Å². The van der Waals surface area contributed by atoms with Crippen LogP contribution in [0, 0.1) is 5.92 Å². The van der Waals surface area contributed by atoms with Crippen molar-refractivity contribution in [3.8, 4) is 0 Å². The minimum Gasteiger partial charge on any atom is -0.748 e. The molecule has 0 aromatic heterocycles. The van der Waals surface area contributed by atoms with Crippen LogP contribution in [0.4, 0.5) is 0 Å². The van der Waals surface area contributed by atoms with Crippen molar-refractivity contribution < 1.29 is 265 Å². The van der Waals surface area contributed by atoms with E-state index in [0.29, 0.717) is 57.7 Å². The van der Waals surface area contributed by atoms with Gasteiger partial charge in [-0.1, -0.05) is 109 Å². The van der Waals surface area contributed by atoms with Crippen LogP contribution in [0.25, 0.3) is 0 Å². The summed E-state index contributed by atoms with van der Waals surface area (Å²) in [6.45, 7) is 7.65. The summed E-state index contributed by atoms with van der Waals surface area (Å²) in [5.41, 5.74) is -3.53. The first-order valence-corrected chi connectivity index (χ1v) is 30.8. The van der Waals surface area contributed by atoms with Gasteiger partial charge in [0.15, 0.2) is 0 Å². The number of alkyl halides is 6. The summed E-state index contributed by atoms with van der Waals surface area (Å²) < 4.78 is 182. The largest absolute Gasteiger partial charge is 1.00 e. The zero-order valence-electron chi connectivity index (χ0n) is 36.5. The summed E-state index contributed by atoms with van der Waals surface area (Å²) in [6.07, 6.45) is 1.44. The second-order valence-corrected chi connectivity index (χ2v) is 25.4. The molecule has 0 spiro atoms. The Morgan fingerprint density at radius 2 is 0.645 bits per heavy atom. The predicted molar refractivity (Wildman–Crippen MR) is 228 cm³/mol. The van der Waals surface area contributed by atoms with Crippen LogP contribution in [0.3, 0.4) is 0 Å². The Morgan fingerprint density at radius 3 is 0.710 bits per heavy atom. The zero-order valence-corrected chi connectivity index (χ0v) is 62.9. The minimum absolute atomic E-state index is 0. The molecule has 348 valence electrons. The van der Waals surface area contributed by atoms with E-state index in [9.17, 15) is 77.8 Å². The van der Waals surface area contributed by atoms with Gasteiger partial charge in [-0.15, -0.1) is 0 Å². The number of aliphatic hydroxyl groups is 2. The number of hydrogen-bond acceptors (Lipinski definition) is 20. The molecular weight excluding hydrogens is 1420 g/mol. The molecule has 38 heteroatoms. The second kappa shape index (κ2) is 54.1. The number of hydrogen-bond donors (Lipinski definition) is 2. The summed E-state index contributed by atoms with van der Waals surface area (Å²) >= 11 is 18.0. The first-order chi connectivity index (χ1) is 24.8. The smallest absolute Gasteiger partial charge is 0.748 e. The molecule has 0 aliphatic rings. The molecule has 0 amide bonds. The molecule has 20 nitrogen and oxygen atoms in total. The first-order valence-electron chi connectivity index (χ1n) is 15.2. The van der Waals surface area contributed by atoms with E-state index in [1.54, 1.807) is 13.8 Å². The number of rotatable bonds is 19. The molecule has 2 N–H and O–H groups in total. The normalized spacial score (nSPS) is 14.4. The van der Waals surface area contributed by atoms with Crippen LogP contribution >= 0.6 is 95.6 Å². The van der Waals surface area contributed by atoms with Gasteiger partial charge in [-0.05, 0) is 65.2 Å². The van der Waals surface area contributed by atoms with Gasteiger partial charge < -0.3 is 37.5 Å². The maximum atomic E-state index is 10.4. The molecule has 0 aliphatic carbocycles. The molecule has 0 rings (SSSR count). The molecular formula is C24H48Br6Na6O20S6. The van der Waals surface area contributed by atoms with Crippen molar-refractivity contribution >= 4 is 156 Å². The molecule has 7 atom stereocenters. The van der Waals surface area contributed by atoms with Gasteiger partial charge in [0.2, 0.25) is 0 Å². The van der Waals surface area contributed by atoms with Gasteiger partial charge in [0.05, 0.1) is 51.0 Å².